The third kappa shape index (κ3) is 1.90. The summed E-state index contributed by atoms with van der Waals surface area (Å²) in [6.07, 6.45) is 1.60. The number of halogens is 1. The summed E-state index contributed by atoms with van der Waals surface area (Å²) < 4.78 is 6.94. The molecular formula is C8H7Cl. The zero-order valence-corrected chi connectivity index (χ0v) is 5.60. The quantitative estimate of drug-likeness (QED) is 0.561. The third-order valence-electron chi connectivity index (χ3n) is 1.02. The molecule has 0 unspecified atom stereocenters. The molecule has 46 valence electrons. The standard InChI is InChI=1S/C8H7Cl/c9-7-6-8-4-2-1-3-5-8/h1-7H/i7D. The molecule has 0 heterocycles. The van der Waals surface area contributed by atoms with Crippen molar-refractivity contribution in [3.63, 3.8) is 0 Å². The van der Waals surface area contributed by atoms with E-state index < -0.39 is 0 Å². The van der Waals surface area contributed by atoms with Crippen LogP contribution in [-0.2, 0) is 0 Å². The van der Waals surface area contributed by atoms with Crippen LogP contribution in [0, 0.1) is 0 Å². The average molecular weight is 140 g/mol. The Morgan fingerprint density at radius 1 is 1.33 bits per heavy atom. The molecule has 0 aliphatic rings. The van der Waals surface area contributed by atoms with Crippen molar-refractivity contribution >= 4 is 17.7 Å². The van der Waals surface area contributed by atoms with E-state index in [0.29, 0.717) is 0 Å². The summed E-state index contributed by atoms with van der Waals surface area (Å²) >= 11 is 5.34. The molecule has 0 bridgehead atoms. The Morgan fingerprint density at radius 2 is 2.00 bits per heavy atom. The zero-order chi connectivity index (χ0) is 7.40. The molecule has 0 radical (unpaired) electrons. The van der Waals surface area contributed by atoms with E-state index in [1.54, 1.807) is 6.08 Å². The number of rotatable bonds is 1. The molecule has 0 spiro atoms. The highest BCUT2D eigenvalue weighted by Crippen LogP contribution is 2.00. The highest BCUT2D eigenvalue weighted by molar-refractivity contribution is 6.27. The van der Waals surface area contributed by atoms with Crippen molar-refractivity contribution < 1.29 is 1.37 Å². The fraction of sp³-hybridized carbons (Fsp3) is 0. The van der Waals surface area contributed by atoms with Gasteiger partial charge >= 0.3 is 0 Å². The van der Waals surface area contributed by atoms with Gasteiger partial charge in [-0.15, -0.1) is 0 Å². The molecule has 9 heavy (non-hydrogen) atoms. The summed E-state index contributed by atoms with van der Waals surface area (Å²) in [4.78, 5) is 0. The second-order valence-electron chi connectivity index (χ2n) is 1.66. The monoisotopic (exact) mass is 139 g/mol. The second-order valence-corrected chi connectivity index (χ2v) is 1.88. The third-order valence-corrected chi connectivity index (χ3v) is 1.13. The number of hydrogen-bond acceptors (Lipinski definition) is 0. The minimum Gasteiger partial charge on any atom is -0.0929 e. The summed E-state index contributed by atoms with van der Waals surface area (Å²) in [6.45, 7) is 0. The van der Waals surface area contributed by atoms with E-state index >= 15 is 0 Å². The van der Waals surface area contributed by atoms with Crippen molar-refractivity contribution in [2.75, 3.05) is 0 Å². The molecule has 1 aromatic rings. The Hall–Kier alpha value is -0.750. The molecule has 0 nitrogen and oxygen atoms in total. The fourth-order valence-corrected chi connectivity index (χ4v) is 0.738. The molecule has 1 heteroatoms. The van der Waals surface area contributed by atoms with Crippen LogP contribution in [0.1, 0.15) is 6.93 Å². The van der Waals surface area contributed by atoms with Crippen LogP contribution >= 0.6 is 11.6 Å². The van der Waals surface area contributed by atoms with E-state index in [4.69, 9.17) is 13.0 Å². The van der Waals surface area contributed by atoms with Crippen LogP contribution in [0.25, 0.3) is 6.08 Å². The topological polar surface area (TPSA) is 0 Å². The van der Waals surface area contributed by atoms with E-state index in [9.17, 15) is 0 Å². The molecule has 0 N–H and O–H groups in total. The molecule has 0 aromatic heterocycles. The average Bonchev–Trinajstić information content (AvgIpc) is 1.88. The lowest BCUT2D eigenvalue weighted by molar-refractivity contribution is 1.66. The van der Waals surface area contributed by atoms with Gasteiger partial charge < -0.3 is 0 Å². The van der Waals surface area contributed by atoms with E-state index in [1.165, 1.54) is 0 Å². The summed E-state index contributed by atoms with van der Waals surface area (Å²) in [6, 6.07) is 9.54. The molecular weight excluding hydrogens is 132 g/mol. The van der Waals surface area contributed by atoms with Gasteiger partial charge in [-0.2, -0.15) is 0 Å². The predicted octanol–water partition coefficient (Wildman–Crippen LogP) is 2.90. The molecule has 1 rings (SSSR count). The van der Waals surface area contributed by atoms with Crippen molar-refractivity contribution in [1.82, 2.24) is 0 Å². The Kier molecular flexibility index (Phi) is 1.86. The van der Waals surface area contributed by atoms with Crippen molar-refractivity contribution in [3.05, 3.63) is 41.4 Å². The maximum absolute atomic E-state index is 6.94. The highest BCUT2D eigenvalue weighted by Gasteiger charge is 1.78. The summed E-state index contributed by atoms with van der Waals surface area (Å²) in [5.74, 6) is 0. The van der Waals surface area contributed by atoms with Gasteiger partial charge in [0, 0.05) is 5.51 Å². The summed E-state index contributed by atoms with van der Waals surface area (Å²) in [5.41, 5.74) is 1.02. The first-order chi connectivity index (χ1) is 4.79. The number of hydrogen-bond donors (Lipinski definition) is 0. The van der Waals surface area contributed by atoms with Crippen LogP contribution in [-0.4, -0.2) is 0 Å². The molecule has 0 atom stereocenters. The largest absolute Gasteiger partial charge is 0.0929 e. The molecule has 0 aliphatic carbocycles. The lowest BCUT2D eigenvalue weighted by Gasteiger charge is -1.86. The maximum atomic E-state index is 6.94. The maximum Gasteiger partial charge on any atom is 0.0755 e. The summed E-state index contributed by atoms with van der Waals surface area (Å²) in [5, 5.41) is 0. The first kappa shape index (κ1) is 5.07. The molecule has 0 saturated heterocycles. The van der Waals surface area contributed by atoms with Crippen LogP contribution in [0.3, 0.4) is 0 Å². The minimum atomic E-state index is 0.0613. The fourth-order valence-electron chi connectivity index (χ4n) is 0.612. The van der Waals surface area contributed by atoms with E-state index in [1.807, 2.05) is 30.3 Å². The lowest BCUT2D eigenvalue weighted by atomic mass is 10.2. The van der Waals surface area contributed by atoms with Crippen molar-refractivity contribution in [2.45, 2.75) is 0 Å². The van der Waals surface area contributed by atoms with Crippen LogP contribution in [0.5, 0.6) is 0 Å². The van der Waals surface area contributed by atoms with Gasteiger partial charge in [0.15, 0.2) is 0 Å². The van der Waals surface area contributed by atoms with Crippen molar-refractivity contribution in [1.29, 1.82) is 0 Å². The van der Waals surface area contributed by atoms with Gasteiger partial charge in [-0.1, -0.05) is 41.9 Å². The zero-order valence-electron chi connectivity index (χ0n) is 5.84. The van der Waals surface area contributed by atoms with E-state index in [0.717, 1.165) is 5.56 Å². The highest BCUT2D eigenvalue weighted by atomic mass is 35.5. The second kappa shape index (κ2) is 3.31. The molecule has 0 fully saturated rings. The smallest absolute Gasteiger partial charge is 0.0755 e. The molecule has 0 aliphatic heterocycles. The van der Waals surface area contributed by atoms with Gasteiger partial charge in [-0.05, 0) is 11.6 Å². The van der Waals surface area contributed by atoms with Gasteiger partial charge in [-0.25, -0.2) is 0 Å². The van der Waals surface area contributed by atoms with E-state index in [2.05, 4.69) is 0 Å². The van der Waals surface area contributed by atoms with Crippen LogP contribution in [0.4, 0.5) is 0 Å². The Morgan fingerprint density at radius 3 is 2.56 bits per heavy atom. The van der Waals surface area contributed by atoms with Crippen LogP contribution < -0.4 is 0 Å². The first-order valence-electron chi connectivity index (χ1n) is 3.18. The Bertz CT molecular complexity index is 224. The number of benzene rings is 1. The molecule has 0 saturated carbocycles. The Labute approximate surface area is 61.2 Å². The van der Waals surface area contributed by atoms with Gasteiger partial charge in [-0.3, -0.25) is 0 Å². The Balaban J connectivity index is 2.87. The molecule has 1 aromatic carbocycles. The SMILES string of the molecule is [2H]C(Cl)=Cc1ccccc1. The van der Waals surface area contributed by atoms with E-state index in [-0.39, 0.29) is 5.51 Å². The summed E-state index contributed by atoms with van der Waals surface area (Å²) in [7, 11) is 0. The van der Waals surface area contributed by atoms with Gasteiger partial charge in [0.25, 0.3) is 0 Å². The predicted molar refractivity (Wildman–Crippen MR) is 41.3 cm³/mol. The minimum absolute atomic E-state index is 0.0613. The van der Waals surface area contributed by atoms with Gasteiger partial charge in [0.05, 0.1) is 1.37 Å². The van der Waals surface area contributed by atoms with Crippen LogP contribution in [0.2, 0.25) is 0 Å². The van der Waals surface area contributed by atoms with Gasteiger partial charge in [0.1, 0.15) is 0 Å². The normalized spacial score (nSPS) is 13.0. The van der Waals surface area contributed by atoms with Crippen LogP contribution in [0.15, 0.2) is 35.8 Å². The van der Waals surface area contributed by atoms with Crippen molar-refractivity contribution in [2.24, 2.45) is 0 Å². The lowest BCUT2D eigenvalue weighted by Crippen LogP contribution is -1.64. The van der Waals surface area contributed by atoms with Gasteiger partial charge in [0.2, 0.25) is 0 Å². The van der Waals surface area contributed by atoms with Crippen molar-refractivity contribution in [3.8, 4) is 0 Å². The first-order valence-corrected chi connectivity index (χ1v) is 3.05. The molecule has 0 amide bonds.